The molecule has 2 aromatic rings. The minimum Gasteiger partial charge on any atom is -0.442 e. The van der Waals surface area contributed by atoms with Crippen LogP contribution >= 0.6 is 0 Å². The second kappa shape index (κ2) is 6.26. The van der Waals surface area contributed by atoms with E-state index in [2.05, 4.69) is 4.98 Å². The Morgan fingerprint density at radius 1 is 1.28 bits per heavy atom. The van der Waals surface area contributed by atoms with Crippen molar-refractivity contribution in [2.45, 2.75) is 13.8 Å². The summed E-state index contributed by atoms with van der Waals surface area (Å²) in [5, 5.41) is 0.163. The van der Waals surface area contributed by atoms with E-state index in [9.17, 15) is 18.0 Å². The van der Waals surface area contributed by atoms with Gasteiger partial charge in [-0.2, -0.15) is 4.31 Å². The van der Waals surface area contributed by atoms with Gasteiger partial charge in [0.2, 0.25) is 15.7 Å². The number of aryl methyl sites for hydroxylation is 2. The molecule has 0 unspecified atom stereocenters. The van der Waals surface area contributed by atoms with Crippen LogP contribution in [0.5, 0.6) is 0 Å². The van der Waals surface area contributed by atoms with Crippen molar-refractivity contribution >= 4 is 27.0 Å². The molecule has 0 N–H and O–H groups in total. The Balaban J connectivity index is 1.91. The molecule has 1 aliphatic rings. The van der Waals surface area contributed by atoms with E-state index in [-0.39, 0.29) is 60.1 Å². The minimum absolute atomic E-state index is 0.0358. The van der Waals surface area contributed by atoms with Crippen LogP contribution in [0, 0.1) is 6.92 Å². The lowest BCUT2D eigenvalue weighted by Gasteiger charge is -2.33. The van der Waals surface area contributed by atoms with E-state index in [1.165, 1.54) is 15.2 Å². The number of hydrogen-bond acceptors (Lipinski definition) is 6. The fourth-order valence-electron chi connectivity index (χ4n) is 2.95. The van der Waals surface area contributed by atoms with Gasteiger partial charge < -0.3 is 13.9 Å². The highest BCUT2D eigenvalue weighted by molar-refractivity contribution is 7.89. The van der Waals surface area contributed by atoms with Gasteiger partial charge >= 0.3 is 0 Å². The highest BCUT2D eigenvalue weighted by Crippen LogP contribution is 2.23. The lowest BCUT2D eigenvalue weighted by molar-refractivity contribution is 0.0698. The smallest absolute Gasteiger partial charge is 0.265 e. The van der Waals surface area contributed by atoms with E-state index in [0.717, 1.165) is 0 Å². The van der Waals surface area contributed by atoms with Gasteiger partial charge in [0.15, 0.2) is 0 Å². The van der Waals surface area contributed by atoms with Crippen molar-refractivity contribution in [1.82, 2.24) is 18.8 Å². The summed E-state index contributed by atoms with van der Waals surface area (Å²) in [5.41, 5.74) is -0.0101. The zero-order chi connectivity index (χ0) is 18.4. The number of carbonyl (C=O) groups excluding carboxylic acids is 1. The summed E-state index contributed by atoms with van der Waals surface area (Å²) >= 11 is 0. The molecule has 0 saturated carbocycles. The lowest BCUT2D eigenvalue weighted by Crippen LogP contribution is -2.51. The number of fused-ring (bicyclic) bond motifs is 1. The van der Waals surface area contributed by atoms with Gasteiger partial charge in [0.05, 0.1) is 11.3 Å². The molecule has 0 bridgehead atoms. The summed E-state index contributed by atoms with van der Waals surface area (Å²) in [6.07, 6.45) is 1.34. The Morgan fingerprint density at radius 2 is 1.92 bits per heavy atom. The van der Waals surface area contributed by atoms with Crippen molar-refractivity contribution in [3.8, 4) is 0 Å². The molecule has 1 saturated heterocycles. The van der Waals surface area contributed by atoms with Crippen molar-refractivity contribution in [3.05, 3.63) is 28.0 Å². The molecule has 1 aliphatic heterocycles. The highest BCUT2D eigenvalue weighted by atomic mass is 32.2. The van der Waals surface area contributed by atoms with E-state index in [1.807, 2.05) is 0 Å². The molecule has 0 spiro atoms. The highest BCUT2D eigenvalue weighted by Gasteiger charge is 2.31. The topological polar surface area (TPSA) is 106 Å². The van der Waals surface area contributed by atoms with Gasteiger partial charge in [-0.25, -0.2) is 13.4 Å². The summed E-state index contributed by atoms with van der Waals surface area (Å²) in [4.78, 5) is 30.9. The second-order valence-corrected chi connectivity index (χ2v) is 8.22. The Hall–Kier alpha value is -2.20. The average molecular weight is 368 g/mol. The van der Waals surface area contributed by atoms with Gasteiger partial charge in [-0.1, -0.05) is 0 Å². The zero-order valence-corrected chi connectivity index (χ0v) is 15.2. The zero-order valence-electron chi connectivity index (χ0n) is 14.4. The van der Waals surface area contributed by atoms with Crippen LogP contribution in [0.3, 0.4) is 0 Å². The third kappa shape index (κ3) is 2.95. The molecular formula is C15H20N4O5S. The molecule has 9 nitrogen and oxygen atoms in total. The van der Waals surface area contributed by atoms with Crippen LogP contribution in [0.2, 0.25) is 0 Å². The van der Waals surface area contributed by atoms with Crippen LogP contribution in [0.1, 0.15) is 23.0 Å². The molecule has 2 aromatic heterocycles. The largest absolute Gasteiger partial charge is 0.442 e. The van der Waals surface area contributed by atoms with Gasteiger partial charge in [0.1, 0.15) is 17.5 Å². The maximum atomic E-state index is 12.9. The number of aromatic nitrogens is 2. The van der Waals surface area contributed by atoms with Gasteiger partial charge in [-0.3, -0.25) is 9.59 Å². The average Bonchev–Trinajstić information content (AvgIpc) is 2.94. The van der Waals surface area contributed by atoms with Crippen LogP contribution in [-0.4, -0.2) is 65.0 Å². The number of amides is 1. The van der Waals surface area contributed by atoms with Crippen LogP contribution in [0.4, 0.5) is 0 Å². The number of carbonyl (C=O) groups is 1. The molecule has 0 aromatic carbocycles. The SMILES string of the molecule is CCS(=O)(=O)N1CCN(C(=O)c2c(C)oc3ncn(C)c(=O)c23)CC1. The summed E-state index contributed by atoms with van der Waals surface area (Å²) in [6.45, 7) is 4.23. The van der Waals surface area contributed by atoms with Crippen molar-refractivity contribution in [1.29, 1.82) is 0 Å². The Kier molecular flexibility index (Phi) is 4.41. The molecule has 0 radical (unpaired) electrons. The predicted molar refractivity (Wildman–Crippen MR) is 90.9 cm³/mol. The minimum atomic E-state index is -3.27. The Morgan fingerprint density at radius 3 is 2.52 bits per heavy atom. The molecular weight excluding hydrogens is 348 g/mol. The van der Waals surface area contributed by atoms with E-state index in [4.69, 9.17) is 4.42 Å². The summed E-state index contributed by atoms with van der Waals surface area (Å²) < 4.78 is 32.0. The third-order valence-corrected chi connectivity index (χ3v) is 6.33. The Labute approximate surface area is 144 Å². The maximum Gasteiger partial charge on any atom is 0.265 e. The third-order valence-electron chi connectivity index (χ3n) is 4.45. The fraction of sp³-hybridized carbons (Fsp3) is 0.533. The van der Waals surface area contributed by atoms with E-state index in [0.29, 0.717) is 5.76 Å². The quantitative estimate of drug-likeness (QED) is 0.752. The molecule has 3 rings (SSSR count). The first kappa shape index (κ1) is 17.6. The van der Waals surface area contributed by atoms with Crippen molar-refractivity contribution in [2.24, 2.45) is 7.05 Å². The second-order valence-electron chi connectivity index (χ2n) is 5.97. The summed E-state index contributed by atoms with van der Waals surface area (Å²) in [5.74, 6) is 0.0306. The van der Waals surface area contributed by atoms with Crippen molar-refractivity contribution < 1.29 is 17.6 Å². The van der Waals surface area contributed by atoms with Gasteiger partial charge in [-0.05, 0) is 13.8 Å². The molecule has 0 atom stereocenters. The van der Waals surface area contributed by atoms with Gasteiger partial charge in [0, 0.05) is 33.2 Å². The number of furan rings is 1. The van der Waals surface area contributed by atoms with Crippen LogP contribution in [0.25, 0.3) is 11.1 Å². The fourth-order valence-corrected chi connectivity index (χ4v) is 4.04. The number of piperazine rings is 1. The van der Waals surface area contributed by atoms with E-state index < -0.39 is 10.0 Å². The number of hydrogen-bond donors (Lipinski definition) is 0. The molecule has 3 heterocycles. The van der Waals surface area contributed by atoms with Gasteiger partial charge in [-0.15, -0.1) is 0 Å². The maximum absolute atomic E-state index is 12.9. The first-order chi connectivity index (χ1) is 11.8. The van der Waals surface area contributed by atoms with Crippen molar-refractivity contribution in [2.75, 3.05) is 31.9 Å². The number of sulfonamides is 1. The Bertz CT molecular complexity index is 983. The molecule has 25 heavy (non-hydrogen) atoms. The van der Waals surface area contributed by atoms with Crippen LogP contribution in [0.15, 0.2) is 15.5 Å². The molecule has 136 valence electrons. The number of rotatable bonds is 3. The normalized spacial score (nSPS) is 16.5. The summed E-state index contributed by atoms with van der Waals surface area (Å²) in [6, 6.07) is 0. The number of nitrogens with zero attached hydrogens (tertiary/aromatic N) is 4. The first-order valence-corrected chi connectivity index (χ1v) is 9.59. The standard InChI is InChI=1S/C15H20N4O5S/c1-4-25(22,23)19-7-5-18(6-8-19)15(21)11-10(2)24-13-12(11)14(20)17(3)9-16-13/h9H,4-8H2,1-3H3. The van der Waals surface area contributed by atoms with E-state index >= 15 is 0 Å². The van der Waals surface area contributed by atoms with Crippen LogP contribution in [-0.2, 0) is 17.1 Å². The molecule has 1 amide bonds. The van der Waals surface area contributed by atoms with Gasteiger partial charge in [0.25, 0.3) is 11.5 Å². The van der Waals surface area contributed by atoms with Crippen molar-refractivity contribution in [3.63, 3.8) is 0 Å². The van der Waals surface area contributed by atoms with E-state index in [1.54, 1.807) is 25.8 Å². The lowest BCUT2D eigenvalue weighted by atomic mass is 10.1. The predicted octanol–water partition coefficient (Wildman–Crippen LogP) is -0.0576. The molecule has 0 aliphatic carbocycles. The summed E-state index contributed by atoms with van der Waals surface area (Å²) in [7, 11) is -1.71. The monoisotopic (exact) mass is 368 g/mol. The first-order valence-electron chi connectivity index (χ1n) is 7.98. The van der Waals surface area contributed by atoms with Crippen LogP contribution < -0.4 is 5.56 Å². The molecule has 1 fully saturated rings. The molecule has 10 heteroatoms.